The number of hydrogen-bond acceptors (Lipinski definition) is 4. The van der Waals surface area contributed by atoms with Gasteiger partial charge in [-0.25, -0.2) is 0 Å². The number of carbonyl (C=O) groups excluding carboxylic acids is 1. The molecular weight excluding hydrogens is 366 g/mol. The molecule has 27 heavy (non-hydrogen) atoms. The molecule has 0 fully saturated rings. The third-order valence-corrected chi connectivity index (χ3v) is 4.14. The minimum Gasteiger partial charge on any atom is -0.302 e. The molecule has 1 N–H and O–H groups in total. The maximum Gasteiger partial charge on any atom is 0.277 e. The maximum absolute atomic E-state index is 12.4. The molecule has 136 valence electrons. The van der Waals surface area contributed by atoms with Crippen molar-refractivity contribution in [2.75, 3.05) is 5.32 Å². The van der Waals surface area contributed by atoms with Crippen molar-refractivity contribution in [1.29, 1.82) is 0 Å². The van der Waals surface area contributed by atoms with Crippen molar-refractivity contribution in [3.05, 3.63) is 83.5 Å². The highest BCUT2D eigenvalue weighted by molar-refractivity contribution is 6.33. The van der Waals surface area contributed by atoms with Crippen molar-refractivity contribution in [2.45, 2.75) is 13.2 Å². The summed E-state index contributed by atoms with van der Waals surface area (Å²) in [5, 5.41) is 15.8. The quantitative estimate of drug-likeness (QED) is 0.556. The summed E-state index contributed by atoms with van der Waals surface area (Å²) in [4.78, 5) is 12.4. The molecule has 8 nitrogen and oxygen atoms in total. The first-order valence-corrected chi connectivity index (χ1v) is 8.64. The van der Waals surface area contributed by atoms with Gasteiger partial charge in [0.15, 0.2) is 11.5 Å². The SMILES string of the molecule is O=C(Nc1nn(Cc2ccccc2)cc1Cl)c1ccn(Cn2cccn2)n1. The third-order valence-electron chi connectivity index (χ3n) is 3.86. The zero-order chi connectivity index (χ0) is 18.6. The summed E-state index contributed by atoms with van der Waals surface area (Å²) in [7, 11) is 0. The number of nitrogens with zero attached hydrogens (tertiary/aromatic N) is 6. The summed E-state index contributed by atoms with van der Waals surface area (Å²) in [5.74, 6) is -0.0692. The monoisotopic (exact) mass is 381 g/mol. The van der Waals surface area contributed by atoms with Crippen LogP contribution in [0.25, 0.3) is 0 Å². The van der Waals surface area contributed by atoms with E-state index in [0.29, 0.717) is 24.1 Å². The Morgan fingerprint density at radius 2 is 1.85 bits per heavy atom. The van der Waals surface area contributed by atoms with E-state index in [1.807, 2.05) is 42.6 Å². The Bertz CT molecular complexity index is 1040. The number of anilines is 1. The highest BCUT2D eigenvalue weighted by Gasteiger charge is 2.15. The van der Waals surface area contributed by atoms with Crippen molar-refractivity contribution in [1.82, 2.24) is 29.3 Å². The maximum atomic E-state index is 12.4. The van der Waals surface area contributed by atoms with Crippen LogP contribution in [0.1, 0.15) is 16.1 Å². The van der Waals surface area contributed by atoms with Gasteiger partial charge in [-0.15, -0.1) is 0 Å². The lowest BCUT2D eigenvalue weighted by atomic mass is 10.2. The van der Waals surface area contributed by atoms with E-state index in [9.17, 15) is 4.79 Å². The third kappa shape index (κ3) is 4.06. The van der Waals surface area contributed by atoms with Gasteiger partial charge in [-0.05, 0) is 17.7 Å². The Morgan fingerprint density at radius 3 is 2.63 bits per heavy atom. The van der Waals surface area contributed by atoms with Crippen molar-refractivity contribution < 1.29 is 4.79 Å². The molecule has 0 atom stereocenters. The Kier molecular flexibility index (Phi) is 4.71. The molecular formula is C18H16ClN7O. The zero-order valence-corrected chi connectivity index (χ0v) is 15.0. The predicted molar refractivity (Wildman–Crippen MR) is 101 cm³/mol. The number of aromatic nitrogens is 6. The molecule has 4 rings (SSSR count). The van der Waals surface area contributed by atoms with Gasteiger partial charge < -0.3 is 5.32 Å². The van der Waals surface area contributed by atoms with Gasteiger partial charge >= 0.3 is 0 Å². The van der Waals surface area contributed by atoms with Crippen LogP contribution in [0, 0.1) is 0 Å². The standard InChI is InChI=1S/C18H16ClN7O/c19-15-12-26(11-14-5-2-1-3-6-14)23-17(15)21-18(27)16-7-10-25(22-16)13-24-9-4-8-20-24/h1-10,12H,11,13H2,(H,21,23,27). The smallest absolute Gasteiger partial charge is 0.277 e. The number of benzene rings is 1. The van der Waals surface area contributed by atoms with E-state index in [2.05, 4.69) is 20.6 Å². The summed E-state index contributed by atoms with van der Waals surface area (Å²) >= 11 is 6.21. The van der Waals surface area contributed by atoms with Gasteiger partial charge in [0.1, 0.15) is 11.7 Å². The average Bonchev–Trinajstić information content (AvgIpc) is 3.40. The summed E-state index contributed by atoms with van der Waals surface area (Å²) in [6, 6.07) is 13.3. The Labute approximate surface area is 160 Å². The first-order chi connectivity index (χ1) is 13.2. The highest BCUT2D eigenvalue weighted by Crippen LogP contribution is 2.20. The first-order valence-electron chi connectivity index (χ1n) is 8.26. The van der Waals surface area contributed by atoms with E-state index >= 15 is 0 Å². The zero-order valence-electron chi connectivity index (χ0n) is 14.2. The van der Waals surface area contributed by atoms with E-state index in [1.165, 1.54) is 0 Å². The molecule has 1 amide bonds. The molecule has 0 aliphatic heterocycles. The predicted octanol–water partition coefficient (Wildman–Crippen LogP) is 2.74. The second kappa shape index (κ2) is 7.46. The highest BCUT2D eigenvalue weighted by atomic mass is 35.5. The molecule has 0 aliphatic rings. The molecule has 3 heterocycles. The molecule has 1 aromatic carbocycles. The molecule has 4 aromatic rings. The van der Waals surface area contributed by atoms with Crippen molar-refractivity contribution in [3.63, 3.8) is 0 Å². The number of halogens is 1. The second-order valence-corrected chi connectivity index (χ2v) is 6.30. The summed E-state index contributed by atoms with van der Waals surface area (Å²) in [6.07, 6.45) is 6.90. The van der Waals surface area contributed by atoms with Crippen LogP contribution in [-0.2, 0) is 13.2 Å². The molecule has 0 saturated carbocycles. The fourth-order valence-electron chi connectivity index (χ4n) is 2.60. The van der Waals surface area contributed by atoms with Gasteiger partial charge in [0, 0.05) is 24.8 Å². The van der Waals surface area contributed by atoms with Gasteiger partial charge in [0.05, 0.1) is 6.54 Å². The molecule has 3 aromatic heterocycles. The van der Waals surface area contributed by atoms with E-state index in [4.69, 9.17) is 11.6 Å². The van der Waals surface area contributed by atoms with E-state index in [-0.39, 0.29) is 11.6 Å². The topological polar surface area (TPSA) is 82.6 Å². The van der Waals surface area contributed by atoms with Crippen LogP contribution >= 0.6 is 11.6 Å². The van der Waals surface area contributed by atoms with Crippen LogP contribution in [0.2, 0.25) is 5.02 Å². The van der Waals surface area contributed by atoms with E-state index in [0.717, 1.165) is 5.56 Å². The van der Waals surface area contributed by atoms with E-state index in [1.54, 1.807) is 38.7 Å². The lowest BCUT2D eigenvalue weighted by molar-refractivity contribution is 0.102. The van der Waals surface area contributed by atoms with Crippen LogP contribution in [0.3, 0.4) is 0 Å². The van der Waals surface area contributed by atoms with Crippen LogP contribution < -0.4 is 5.32 Å². The second-order valence-electron chi connectivity index (χ2n) is 5.89. The van der Waals surface area contributed by atoms with Crippen LogP contribution in [0.4, 0.5) is 5.82 Å². The number of nitrogens with one attached hydrogen (secondary N) is 1. The number of hydrogen-bond donors (Lipinski definition) is 1. The molecule has 0 aliphatic carbocycles. The lowest BCUT2D eigenvalue weighted by Gasteiger charge is -2.02. The Balaban J connectivity index is 1.43. The Hall–Kier alpha value is -3.39. The van der Waals surface area contributed by atoms with Crippen LogP contribution in [0.15, 0.2) is 67.3 Å². The average molecular weight is 382 g/mol. The van der Waals surface area contributed by atoms with Gasteiger partial charge in [-0.3, -0.25) is 18.8 Å². The first kappa shape index (κ1) is 17.0. The van der Waals surface area contributed by atoms with Gasteiger partial charge in [-0.1, -0.05) is 41.9 Å². The van der Waals surface area contributed by atoms with E-state index < -0.39 is 0 Å². The Morgan fingerprint density at radius 1 is 1.00 bits per heavy atom. The van der Waals surface area contributed by atoms with Crippen molar-refractivity contribution in [3.8, 4) is 0 Å². The number of rotatable bonds is 6. The minimum atomic E-state index is -0.374. The molecule has 0 bridgehead atoms. The lowest BCUT2D eigenvalue weighted by Crippen LogP contribution is -2.15. The molecule has 0 spiro atoms. The number of carbonyl (C=O) groups is 1. The normalized spacial score (nSPS) is 10.9. The number of amides is 1. The van der Waals surface area contributed by atoms with Crippen molar-refractivity contribution >= 4 is 23.3 Å². The molecule has 0 unspecified atom stereocenters. The van der Waals surface area contributed by atoms with Gasteiger partial charge in [0.25, 0.3) is 5.91 Å². The summed E-state index contributed by atoms with van der Waals surface area (Å²) in [6.45, 7) is 0.988. The summed E-state index contributed by atoms with van der Waals surface area (Å²) in [5.41, 5.74) is 1.36. The largest absolute Gasteiger partial charge is 0.302 e. The van der Waals surface area contributed by atoms with Crippen LogP contribution in [0.5, 0.6) is 0 Å². The van der Waals surface area contributed by atoms with Crippen molar-refractivity contribution in [2.24, 2.45) is 0 Å². The molecule has 0 radical (unpaired) electrons. The van der Waals surface area contributed by atoms with Gasteiger partial charge in [-0.2, -0.15) is 15.3 Å². The summed E-state index contributed by atoms with van der Waals surface area (Å²) < 4.78 is 5.01. The molecule has 9 heteroatoms. The fourth-order valence-corrected chi connectivity index (χ4v) is 2.80. The van der Waals surface area contributed by atoms with Crippen LogP contribution in [-0.4, -0.2) is 35.2 Å². The molecule has 0 saturated heterocycles. The van der Waals surface area contributed by atoms with Gasteiger partial charge in [0.2, 0.25) is 0 Å². The minimum absolute atomic E-state index is 0.274. The fraction of sp³-hybridized carbons (Fsp3) is 0.111.